The number of halogens is 3. The average Bonchev–Trinajstić information content (AvgIpc) is 3.51. The van der Waals surface area contributed by atoms with Gasteiger partial charge in [0.25, 0.3) is 11.8 Å². The number of rotatable bonds is 6. The van der Waals surface area contributed by atoms with Gasteiger partial charge in [0.15, 0.2) is 0 Å². The fourth-order valence-corrected chi connectivity index (χ4v) is 9.10. The molecule has 3 N–H and O–H groups in total. The fraction of sp³-hybridized carbons (Fsp3) is 0.205. The molecule has 13 heteroatoms. The van der Waals surface area contributed by atoms with E-state index in [-0.39, 0.29) is 46.1 Å². The summed E-state index contributed by atoms with van der Waals surface area (Å²) in [4.78, 5) is 71.1. The molecule has 3 fully saturated rings. The van der Waals surface area contributed by atoms with Crippen LogP contribution in [-0.2, 0) is 24.6 Å². The van der Waals surface area contributed by atoms with Crippen molar-refractivity contribution in [3.05, 3.63) is 135 Å². The second kappa shape index (κ2) is 12.3. The van der Waals surface area contributed by atoms with Gasteiger partial charge in [-0.2, -0.15) is 5.01 Å². The Morgan fingerprint density at radius 1 is 0.846 bits per heavy atom. The van der Waals surface area contributed by atoms with Crippen LogP contribution in [0.15, 0.2) is 103 Å². The van der Waals surface area contributed by atoms with Crippen LogP contribution in [0, 0.1) is 29.5 Å². The summed E-state index contributed by atoms with van der Waals surface area (Å²) in [6, 6.07) is 21.6. The van der Waals surface area contributed by atoms with E-state index in [1.165, 1.54) is 66.7 Å². The van der Waals surface area contributed by atoms with E-state index in [0.29, 0.717) is 16.2 Å². The molecule has 0 spiro atoms. The molecule has 8 rings (SSSR count). The molecule has 2 saturated heterocycles. The van der Waals surface area contributed by atoms with E-state index in [1.807, 2.05) is 6.08 Å². The Morgan fingerprint density at radius 2 is 1.56 bits per heavy atom. The largest absolute Gasteiger partial charge is 0.508 e. The Hall–Kier alpha value is -5.52. The summed E-state index contributed by atoms with van der Waals surface area (Å²) in [6.45, 7) is 0. The number of nitrogens with zero attached hydrogens (tertiary/aromatic N) is 2. The summed E-state index contributed by atoms with van der Waals surface area (Å²) >= 11 is 12.8. The number of hydrogen-bond acceptors (Lipinski definition) is 7. The number of carboxylic acid groups (broad SMARTS) is 1. The van der Waals surface area contributed by atoms with E-state index in [0.717, 1.165) is 9.91 Å². The monoisotopic (exact) mass is 739 g/mol. The summed E-state index contributed by atoms with van der Waals surface area (Å²) in [6.07, 6.45) is 1.90. The lowest BCUT2D eigenvalue weighted by Crippen LogP contribution is -2.53. The molecule has 1 saturated carbocycles. The zero-order valence-electron chi connectivity index (χ0n) is 27.0. The third-order valence-corrected chi connectivity index (χ3v) is 11.4. The number of imide groups is 2. The Labute approximate surface area is 306 Å². The van der Waals surface area contributed by atoms with Gasteiger partial charge in [-0.1, -0.05) is 53.1 Å². The summed E-state index contributed by atoms with van der Waals surface area (Å²) in [5.41, 5.74) is 2.70. The number of anilines is 2. The van der Waals surface area contributed by atoms with Gasteiger partial charge in [-0.3, -0.25) is 29.5 Å². The highest BCUT2D eigenvalue weighted by molar-refractivity contribution is 6.31. The highest BCUT2D eigenvalue weighted by atomic mass is 35.5. The van der Waals surface area contributed by atoms with Crippen LogP contribution in [0.25, 0.3) is 0 Å². The van der Waals surface area contributed by atoms with Crippen molar-refractivity contribution in [2.75, 3.05) is 10.3 Å². The summed E-state index contributed by atoms with van der Waals surface area (Å²) in [7, 11) is 0. The molecule has 2 heterocycles. The number of fused-ring (bicyclic) bond motifs is 4. The molecule has 4 amide bonds. The Kier molecular flexibility index (Phi) is 7.96. The maximum Gasteiger partial charge on any atom is 0.335 e. The smallest absolute Gasteiger partial charge is 0.335 e. The van der Waals surface area contributed by atoms with Gasteiger partial charge in [-0.15, -0.1) is 0 Å². The van der Waals surface area contributed by atoms with E-state index in [2.05, 4.69) is 5.43 Å². The molecule has 4 aromatic carbocycles. The number of aromatic carboxylic acids is 1. The van der Waals surface area contributed by atoms with Crippen molar-refractivity contribution in [2.45, 2.75) is 24.2 Å². The number of carbonyl (C=O) groups is 5. The van der Waals surface area contributed by atoms with Crippen molar-refractivity contribution in [1.82, 2.24) is 5.01 Å². The SMILES string of the molecule is O=C(O)c1cccc(N2C(=O)[C@H]3[C@H](CC=C4[C@H]3C[C@H]3C(=O)N(Nc5ccc(F)cc5)C(=O)[C@@]3(c3ccc(Cl)cc3)[C@H]4c3cc(Cl)ccc3O)C2=O)c1. The number of amides is 4. The van der Waals surface area contributed by atoms with E-state index >= 15 is 4.79 Å². The summed E-state index contributed by atoms with van der Waals surface area (Å²) < 4.78 is 13.8. The lowest BCUT2D eigenvalue weighted by Gasteiger charge is -2.50. The van der Waals surface area contributed by atoms with Crippen molar-refractivity contribution in [2.24, 2.45) is 23.7 Å². The zero-order valence-corrected chi connectivity index (χ0v) is 28.5. The van der Waals surface area contributed by atoms with Crippen molar-refractivity contribution in [3.63, 3.8) is 0 Å². The van der Waals surface area contributed by atoms with Gasteiger partial charge in [0.1, 0.15) is 11.6 Å². The molecule has 0 aromatic heterocycles. The molecular weight excluding hydrogens is 712 g/mol. The van der Waals surface area contributed by atoms with Crippen LogP contribution < -0.4 is 10.3 Å². The fourth-order valence-electron chi connectivity index (χ4n) is 8.79. The minimum atomic E-state index is -1.70. The Bertz CT molecular complexity index is 2250. The number of benzene rings is 4. The first-order valence-corrected chi connectivity index (χ1v) is 17.2. The molecular formula is C39H28Cl2FN3O7. The molecule has 4 aliphatic rings. The molecule has 6 atom stereocenters. The lowest BCUT2D eigenvalue weighted by atomic mass is 9.49. The third kappa shape index (κ3) is 4.94. The van der Waals surface area contributed by atoms with Gasteiger partial charge < -0.3 is 10.2 Å². The highest BCUT2D eigenvalue weighted by Gasteiger charge is 2.70. The van der Waals surface area contributed by atoms with Crippen LogP contribution in [0.1, 0.15) is 40.2 Å². The summed E-state index contributed by atoms with van der Waals surface area (Å²) in [5, 5.41) is 22.6. The maximum absolute atomic E-state index is 15.2. The zero-order chi connectivity index (χ0) is 36.6. The molecule has 0 radical (unpaired) electrons. The van der Waals surface area contributed by atoms with Gasteiger partial charge >= 0.3 is 5.97 Å². The first kappa shape index (κ1) is 33.6. The molecule has 2 aliphatic heterocycles. The van der Waals surface area contributed by atoms with E-state index in [9.17, 15) is 33.8 Å². The quantitative estimate of drug-likeness (QED) is 0.146. The lowest BCUT2D eigenvalue weighted by molar-refractivity contribution is -0.138. The van der Waals surface area contributed by atoms with E-state index in [1.54, 1.807) is 24.3 Å². The van der Waals surface area contributed by atoms with Gasteiger partial charge in [0, 0.05) is 21.5 Å². The van der Waals surface area contributed by atoms with Crippen LogP contribution in [0.3, 0.4) is 0 Å². The van der Waals surface area contributed by atoms with Gasteiger partial charge in [0.05, 0.1) is 40.1 Å². The maximum atomic E-state index is 15.2. The van der Waals surface area contributed by atoms with E-state index in [4.69, 9.17) is 23.2 Å². The van der Waals surface area contributed by atoms with Crippen LogP contribution in [0.4, 0.5) is 15.8 Å². The number of hydrazine groups is 1. The molecule has 0 bridgehead atoms. The standard InChI is InChI=1S/C39H28Cl2FN3O7/c40-21-6-4-20(5-7-21)39-30(35(48)45(38(39)52)43-24-11-9-23(42)10-12-24)18-28-26(33(39)29-17-22(41)8-15-31(29)46)13-14-27-32(28)36(49)44(34(27)47)25-3-1-2-19(16-25)37(50)51/h1-13,15-17,27-28,30,32-33,43,46H,14,18H2,(H,50,51)/t27-,28+,30-,32-,33+,39+/m0/s1. The number of carbonyl (C=O) groups excluding carboxylic acids is 4. The molecule has 4 aromatic rings. The number of carboxylic acids is 1. The average molecular weight is 741 g/mol. The van der Waals surface area contributed by atoms with Crippen LogP contribution in [0.2, 0.25) is 10.0 Å². The van der Waals surface area contributed by atoms with Crippen molar-refractivity contribution in [3.8, 4) is 5.75 Å². The van der Waals surface area contributed by atoms with Crippen LogP contribution >= 0.6 is 23.2 Å². The second-order valence-corrected chi connectivity index (χ2v) is 14.3. The minimum Gasteiger partial charge on any atom is -0.508 e. The number of aromatic hydroxyl groups is 1. The molecule has 2 aliphatic carbocycles. The normalized spacial score (nSPS) is 26.5. The van der Waals surface area contributed by atoms with Crippen molar-refractivity contribution >= 4 is 64.2 Å². The molecule has 262 valence electrons. The first-order valence-electron chi connectivity index (χ1n) is 16.5. The Balaban J connectivity index is 1.32. The number of nitrogens with one attached hydrogen (secondary N) is 1. The van der Waals surface area contributed by atoms with Crippen molar-refractivity contribution in [1.29, 1.82) is 0 Å². The summed E-state index contributed by atoms with van der Waals surface area (Å²) in [5.74, 6) is -9.00. The van der Waals surface area contributed by atoms with Crippen LogP contribution in [-0.4, -0.2) is 44.8 Å². The highest BCUT2D eigenvalue weighted by Crippen LogP contribution is 2.65. The topological polar surface area (TPSA) is 144 Å². The number of phenols is 1. The predicted octanol–water partition coefficient (Wildman–Crippen LogP) is 6.73. The third-order valence-electron chi connectivity index (χ3n) is 10.9. The van der Waals surface area contributed by atoms with Gasteiger partial charge in [-0.05, 0) is 97.1 Å². The predicted molar refractivity (Wildman–Crippen MR) is 188 cm³/mol. The van der Waals surface area contributed by atoms with Crippen molar-refractivity contribution < 1.29 is 38.6 Å². The second-order valence-electron chi connectivity index (χ2n) is 13.4. The number of phenolic OH excluding ortho intramolecular Hbond substituents is 1. The molecule has 10 nitrogen and oxygen atoms in total. The minimum absolute atomic E-state index is 0.0261. The molecule has 52 heavy (non-hydrogen) atoms. The first-order chi connectivity index (χ1) is 24.9. The Morgan fingerprint density at radius 3 is 2.27 bits per heavy atom. The van der Waals surface area contributed by atoms with Gasteiger partial charge in [0.2, 0.25) is 11.8 Å². The van der Waals surface area contributed by atoms with Gasteiger partial charge in [-0.25, -0.2) is 9.18 Å². The van der Waals surface area contributed by atoms with E-state index < -0.39 is 70.4 Å². The number of allylic oxidation sites excluding steroid dienone is 2. The molecule has 0 unspecified atom stereocenters. The number of hydrogen-bond donors (Lipinski definition) is 3. The van der Waals surface area contributed by atoms with Crippen LogP contribution in [0.5, 0.6) is 5.75 Å².